The molecule has 5 heteroatoms. The van der Waals surface area contributed by atoms with Gasteiger partial charge in [-0.2, -0.15) is 0 Å². The number of aryl methyl sites for hydroxylation is 2. The Kier molecular flexibility index (Phi) is 7.38. The number of rotatable bonds is 9. The maximum atomic E-state index is 12.3. The second-order valence-corrected chi connectivity index (χ2v) is 5.80. The highest BCUT2D eigenvalue weighted by Crippen LogP contribution is 2.19. The lowest BCUT2D eigenvalue weighted by Crippen LogP contribution is -2.09. The summed E-state index contributed by atoms with van der Waals surface area (Å²) in [6.45, 7) is 8.88. The van der Waals surface area contributed by atoms with E-state index in [2.05, 4.69) is 6.58 Å². The van der Waals surface area contributed by atoms with Crippen LogP contribution in [0.15, 0.2) is 49.0 Å². The number of carbonyl (C=O) groups is 1. The summed E-state index contributed by atoms with van der Waals surface area (Å²) in [6, 6.07) is 12.5. The Morgan fingerprint density at radius 3 is 2.31 bits per heavy atom. The van der Waals surface area contributed by atoms with Crippen molar-refractivity contribution < 1.29 is 23.7 Å². The zero-order valence-corrected chi connectivity index (χ0v) is 15.4. The van der Waals surface area contributed by atoms with Crippen molar-refractivity contribution in [3.63, 3.8) is 0 Å². The highest BCUT2D eigenvalue weighted by molar-refractivity contribution is 5.91. The van der Waals surface area contributed by atoms with Crippen LogP contribution in [0.4, 0.5) is 0 Å². The van der Waals surface area contributed by atoms with Crippen LogP contribution in [0.1, 0.15) is 27.0 Å². The zero-order valence-electron chi connectivity index (χ0n) is 15.4. The molecule has 2 aromatic rings. The molecule has 0 aliphatic carbocycles. The summed E-state index contributed by atoms with van der Waals surface area (Å²) < 4.78 is 20.8. The summed E-state index contributed by atoms with van der Waals surface area (Å²) >= 11 is 0. The molecule has 2 rings (SSSR count). The molecule has 0 aromatic heterocycles. The first-order valence-corrected chi connectivity index (χ1v) is 8.29. The second-order valence-electron chi connectivity index (χ2n) is 5.80. The molecule has 0 aliphatic heterocycles. The third-order valence-electron chi connectivity index (χ3n) is 3.84. The number of benzene rings is 2. The Labute approximate surface area is 154 Å². The molecule has 138 valence electrons. The molecule has 0 saturated carbocycles. The van der Waals surface area contributed by atoms with Crippen LogP contribution in [0, 0.1) is 13.8 Å². The predicted octanol–water partition coefficient (Wildman–Crippen LogP) is 4.13. The fourth-order valence-electron chi connectivity index (χ4n) is 2.18. The van der Waals surface area contributed by atoms with Crippen LogP contribution in [0.3, 0.4) is 0 Å². The first-order chi connectivity index (χ1) is 12.5. The van der Waals surface area contributed by atoms with Gasteiger partial charge in [0.25, 0.3) is 0 Å². The molecule has 2 aromatic carbocycles. The summed E-state index contributed by atoms with van der Waals surface area (Å²) in [4.78, 5) is 12.3. The van der Waals surface area contributed by atoms with Gasteiger partial charge in [0.1, 0.15) is 24.9 Å². The quantitative estimate of drug-likeness (QED) is 0.222. The van der Waals surface area contributed by atoms with Crippen LogP contribution < -0.4 is 4.74 Å². The highest BCUT2D eigenvalue weighted by atomic mass is 16.7. The molecule has 0 amide bonds. The van der Waals surface area contributed by atoms with Gasteiger partial charge in [0.15, 0.2) is 0 Å². The van der Waals surface area contributed by atoms with Gasteiger partial charge in [-0.15, -0.1) is 0 Å². The number of ether oxygens (including phenoxy) is 4. The Balaban J connectivity index is 1.90. The maximum Gasteiger partial charge on any atom is 0.343 e. The molecule has 5 nitrogen and oxygen atoms in total. The van der Waals surface area contributed by atoms with Gasteiger partial charge in [0.05, 0.1) is 12.2 Å². The normalized spacial score (nSPS) is 10.4. The second kappa shape index (κ2) is 9.75. The van der Waals surface area contributed by atoms with E-state index in [-0.39, 0.29) is 6.79 Å². The van der Waals surface area contributed by atoms with Crippen LogP contribution in [-0.2, 0) is 14.2 Å². The summed E-state index contributed by atoms with van der Waals surface area (Å²) in [6.07, 6.45) is 0. The predicted molar refractivity (Wildman–Crippen MR) is 100 cm³/mol. The van der Waals surface area contributed by atoms with Crippen molar-refractivity contribution in [1.29, 1.82) is 0 Å². The molecule has 0 N–H and O–H groups in total. The molecule has 0 saturated heterocycles. The minimum Gasteiger partial charge on any atom is -0.491 e. The van der Waals surface area contributed by atoms with Crippen LogP contribution in [0.2, 0.25) is 0 Å². The van der Waals surface area contributed by atoms with E-state index in [9.17, 15) is 4.79 Å². The maximum absolute atomic E-state index is 12.3. The first-order valence-electron chi connectivity index (χ1n) is 8.29. The van der Waals surface area contributed by atoms with E-state index in [1.165, 1.54) is 0 Å². The number of methoxy groups -OCH3 is 1. The van der Waals surface area contributed by atoms with Gasteiger partial charge in [0, 0.05) is 12.7 Å². The van der Waals surface area contributed by atoms with E-state index in [0.29, 0.717) is 30.3 Å². The number of hydrogen-bond acceptors (Lipinski definition) is 5. The zero-order chi connectivity index (χ0) is 18.9. The van der Waals surface area contributed by atoms with Gasteiger partial charge in [-0.3, -0.25) is 0 Å². The molecule has 0 radical (unpaired) electrons. The lowest BCUT2D eigenvalue weighted by molar-refractivity contribution is -0.0410. The van der Waals surface area contributed by atoms with E-state index in [0.717, 1.165) is 16.7 Å². The van der Waals surface area contributed by atoms with E-state index in [1.54, 1.807) is 37.4 Å². The van der Waals surface area contributed by atoms with Gasteiger partial charge in [0.2, 0.25) is 0 Å². The molecular formula is C21H24O5. The number of esters is 1. The van der Waals surface area contributed by atoms with Crippen molar-refractivity contribution in [3.05, 3.63) is 71.3 Å². The van der Waals surface area contributed by atoms with Crippen molar-refractivity contribution >= 4 is 11.7 Å². The van der Waals surface area contributed by atoms with Crippen molar-refractivity contribution in [2.24, 2.45) is 0 Å². The van der Waals surface area contributed by atoms with E-state index >= 15 is 0 Å². The van der Waals surface area contributed by atoms with Gasteiger partial charge in [-0.1, -0.05) is 24.8 Å². The molecule has 0 aliphatic rings. The van der Waals surface area contributed by atoms with Crippen LogP contribution in [0.5, 0.6) is 5.75 Å². The Morgan fingerprint density at radius 1 is 0.962 bits per heavy atom. The third kappa shape index (κ3) is 5.72. The number of carbonyl (C=O) groups excluding carboxylic acids is 1. The summed E-state index contributed by atoms with van der Waals surface area (Å²) in [5.41, 5.74) is 3.48. The lowest BCUT2D eigenvalue weighted by Gasteiger charge is -2.10. The lowest BCUT2D eigenvalue weighted by atomic mass is 10.1. The van der Waals surface area contributed by atoms with Crippen molar-refractivity contribution in [2.45, 2.75) is 13.8 Å². The third-order valence-corrected chi connectivity index (χ3v) is 3.84. The van der Waals surface area contributed by atoms with Crippen LogP contribution in [-0.4, -0.2) is 33.1 Å². The molecular weight excluding hydrogens is 332 g/mol. The van der Waals surface area contributed by atoms with E-state index in [4.69, 9.17) is 18.9 Å². The monoisotopic (exact) mass is 356 g/mol. The summed E-state index contributed by atoms with van der Waals surface area (Å²) in [7, 11) is 1.56. The van der Waals surface area contributed by atoms with E-state index in [1.807, 2.05) is 26.0 Å². The van der Waals surface area contributed by atoms with Crippen molar-refractivity contribution in [1.82, 2.24) is 0 Å². The average Bonchev–Trinajstić information content (AvgIpc) is 2.64. The minimum atomic E-state index is -0.403. The molecule has 0 heterocycles. The molecule has 0 atom stereocenters. The molecule has 0 spiro atoms. The minimum absolute atomic E-state index is 0.229. The first kappa shape index (κ1) is 19.7. The van der Waals surface area contributed by atoms with Gasteiger partial charge < -0.3 is 18.9 Å². The largest absolute Gasteiger partial charge is 0.491 e. The number of hydrogen-bond donors (Lipinski definition) is 0. The molecule has 26 heavy (non-hydrogen) atoms. The molecule has 0 fully saturated rings. The van der Waals surface area contributed by atoms with Crippen molar-refractivity contribution in [3.8, 4) is 5.75 Å². The van der Waals surface area contributed by atoms with Crippen LogP contribution in [0.25, 0.3) is 5.76 Å². The topological polar surface area (TPSA) is 54.0 Å². The fraction of sp³-hybridized carbons (Fsp3) is 0.286. The Morgan fingerprint density at radius 2 is 1.65 bits per heavy atom. The van der Waals surface area contributed by atoms with Gasteiger partial charge >= 0.3 is 5.97 Å². The Hall–Kier alpha value is -2.63. The van der Waals surface area contributed by atoms with Gasteiger partial charge in [-0.05, 0) is 49.2 Å². The summed E-state index contributed by atoms with van der Waals surface area (Å²) in [5, 5.41) is 0. The van der Waals surface area contributed by atoms with Crippen molar-refractivity contribution in [2.75, 3.05) is 27.1 Å². The fourth-order valence-corrected chi connectivity index (χ4v) is 2.18. The molecule has 0 unspecified atom stereocenters. The molecule has 0 bridgehead atoms. The average molecular weight is 356 g/mol. The SMILES string of the molecule is C=C(OCCOCOC)c1ccc(C(=O)Oc2ccc(C)c(C)c2)cc1. The highest BCUT2D eigenvalue weighted by Gasteiger charge is 2.10. The van der Waals surface area contributed by atoms with Crippen LogP contribution >= 0.6 is 0 Å². The van der Waals surface area contributed by atoms with E-state index < -0.39 is 5.97 Å². The van der Waals surface area contributed by atoms with Gasteiger partial charge in [-0.25, -0.2) is 4.79 Å². The smallest absolute Gasteiger partial charge is 0.343 e. The summed E-state index contributed by atoms with van der Waals surface area (Å²) in [5.74, 6) is 0.644. The Bertz CT molecular complexity index is 749. The standard InChI is InChI=1S/C21H24O5/c1-15-5-10-20(13-16(15)2)26-21(22)19-8-6-18(7-9-19)17(3)25-12-11-24-14-23-4/h5-10,13H,3,11-12,14H2,1-2,4H3.